The molecule has 0 aromatic heterocycles. The van der Waals surface area contributed by atoms with E-state index in [-0.39, 0.29) is 5.78 Å². The van der Waals surface area contributed by atoms with Gasteiger partial charge in [-0.2, -0.15) is 0 Å². The molecule has 0 aliphatic rings. The van der Waals surface area contributed by atoms with E-state index in [9.17, 15) is 4.79 Å². The summed E-state index contributed by atoms with van der Waals surface area (Å²) in [6.07, 6.45) is 0.478. The molecule has 1 aromatic rings. The van der Waals surface area contributed by atoms with E-state index < -0.39 is 0 Å². The number of carbonyl (C=O) groups excluding carboxylic acids is 1. The van der Waals surface area contributed by atoms with Gasteiger partial charge in [0, 0.05) is 18.0 Å². The highest BCUT2D eigenvalue weighted by Crippen LogP contribution is 2.18. The molecule has 76 valence electrons. The molecule has 3 heteroatoms. The summed E-state index contributed by atoms with van der Waals surface area (Å²) in [5.74, 6) is 0.171. The van der Waals surface area contributed by atoms with Gasteiger partial charge in [-0.05, 0) is 30.2 Å². The van der Waals surface area contributed by atoms with Gasteiger partial charge in [-0.1, -0.05) is 22.0 Å². The minimum absolute atomic E-state index is 0.171. The van der Waals surface area contributed by atoms with Gasteiger partial charge in [0.25, 0.3) is 0 Å². The van der Waals surface area contributed by atoms with Crippen LogP contribution in [-0.2, 0) is 22.6 Å². The highest BCUT2D eigenvalue weighted by atomic mass is 79.9. The molecule has 0 unspecified atom stereocenters. The summed E-state index contributed by atoms with van der Waals surface area (Å²) < 4.78 is 6.08. The number of ether oxygens (including phenoxy) is 1. The van der Waals surface area contributed by atoms with Gasteiger partial charge < -0.3 is 4.74 Å². The van der Waals surface area contributed by atoms with Crippen molar-refractivity contribution in [3.05, 3.63) is 33.8 Å². The number of ketones is 1. The first-order chi connectivity index (χ1) is 6.63. The van der Waals surface area contributed by atoms with Crippen molar-refractivity contribution < 1.29 is 9.53 Å². The topological polar surface area (TPSA) is 26.3 Å². The Bertz CT molecular complexity index is 334. The van der Waals surface area contributed by atoms with Crippen LogP contribution >= 0.6 is 15.9 Å². The lowest BCUT2D eigenvalue weighted by atomic mass is 10.0. The van der Waals surface area contributed by atoms with Crippen molar-refractivity contribution in [3.8, 4) is 0 Å². The zero-order chi connectivity index (χ0) is 10.6. The maximum atomic E-state index is 11.0. The molecular formula is C11H13BrO2. The van der Waals surface area contributed by atoms with E-state index in [4.69, 9.17) is 4.74 Å². The average molecular weight is 257 g/mol. The molecule has 0 atom stereocenters. The van der Waals surface area contributed by atoms with Gasteiger partial charge in [0.1, 0.15) is 5.78 Å². The summed E-state index contributed by atoms with van der Waals surface area (Å²) in [6.45, 7) is 2.14. The van der Waals surface area contributed by atoms with Crippen molar-refractivity contribution in [1.82, 2.24) is 0 Å². The molecule has 0 aliphatic carbocycles. The Balaban J connectivity index is 2.95. The molecule has 0 bridgehead atoms. The molecule has 2 nitrogen and oxygen atoms in total. The van der Waals surface area contributed by atoms with Gasteiger partial charge in [-0.25, -0.2) is 0 Å². The molecule has 0 amide bonds. The summed E-state index contributed by atoms with van der Waals surface area (Å²) >= 11 is 3.39. The van der Waals surface area contributed by atoms with Crippen molar-refractivity contribution in [1.29, 1.82) is 0 Å². The zero-order valence-corrected chi connectivity index (χ0v) is 9.93. The lowest BCUT2D eigenvalue weighted by molar-refractivity contribution is -0.116. The minimum Gasteiger partial charge on any atom is -0.380 e. The van der Waals surface area contributed by atoms with Gasteiger partial charge in [0.2, 0.25) is 0 Å². The first kappa shape index (κ1) is 11.4. The van der Waals surface area contributed by atoms with E-state index in [1.165, 1.54) is 0 Å². The van der Waals surface area contributed by atoms with E-state index >= 15 is 0 Å². The Hall–Kier alpha value is -0.670. The molecule has 14 heavy (non-hydrogen) atoms. The highest BCUT2D eigenvalue weighted by molar-refractivity contribution is 9.10. The van der Waals surface area contributed by atoms with Crippen LogP contribution in [0, 0.1) is 0 Å². The van der Waals surface area contributed by atoms with Crippen LogP contribution in [0.15, 0.2) is 22.7 Å². The Morgan fingerprint density at radius 2 is 2.14 bits per heavy atom. The summed E-state index contributed by atoms with van der Waals surface area (Å²) in [5, 5.41) is 0. The van der Waals surface area contributed by atoms with Crippen LogP contribution in [0.3, 0.4) is 0 Å². The second kappa shape index (κ2) is 5.27. The molecule has 0 saturated heterocycles. The summed E-state index contributed by atoms with van der Waals surface area (Å²) in [5.41, 5.74) is 2.11. The fourth-order valence-electron chi connectivity index (χ4n) is 1.33. The third kappa shape index (κ3) is 3.24. The fraction of sp³-hybridized carbons (Fsp3) is 0.364. The molecule has 0 saturated carbocycles. The smallest absolute Gasteiger partial charge is 0.134 e. The molecule has 0 N–H and O–H groups in total. The first-order valence-electron chi connectivity index (χ1n) is 4.39. The maximum absolute atomic E-state index is 11.0. The molecule has 0 aliphatic heterocycles. The van der Waals surface area contributed by atoms with Crippen LogP contribution in [-0.4, -0.2) is 12.9 Å². The summed E-state index contributed by atoms with van der Waals surface area (Å²) in [4.78, 5) is 11.0. The van der Waals surface area contributed by atoms with E-state index in [2.05, 4.69) is 15.9 Å². The Labute approximate surface area is 92.4 Å². The lowest BCUT2D eigenvalue weighted by Crippen LogP contribution is -2.01. The fourth-order valence-corrected chi connectivity index (χ4v) is 1.73. The third-order valence-electron chi connectivity index (χ3n) is 1.91. The zero-order valence-electron chi connectivity index (χ0n) is 8.34. The number of benzene rings is 1. The van der Waals surface area contributed by atoms with Crippen molar-refractivity contribution in [2.24, 2.45) is 0 Å². The van der Waals surface area contributed by atoms with Crippen molar-refractivity contribution >= 4 is 21.7 Å². The van der Waals surface area contributed by atoms with Crippen molar-refractivity contribution in [2.75, 3.05) is 7.11 Å². The number of carbonyl (C=O) groups is 1. The van der Waals surface area contributed by atoms with Gasteiger partial charge in [0.05, 0.1) is 6.61 Å². The van der Waals surface area contributed by atoms with Crippen LogP contribution in [0.2, 0.25) is 0 Å². The predicted octanol–water partition coefficient (Wildman–Crippen LogP) is 2.73. The van der Waals surface area contributed by atoms with Gasteiger partial charge in [0.15, 0.2) is 0 Å². The first-order valence-corrected chi connectivity index (χ1v) is 5.18. The number of hydrogen-bond donors (Lipinski definition) is 0. The molecular weight excluding hydrogens is 244 g/mol. The van der Waals surface area contributed by atoms with E-state index in [1.54, 1.807) is 14.0 Å². The largest absolute Gasteiger partial charge is 0.380 e. The quantitative estimate of drug-likeness (QED) is 0.829. The molecule has 1 rings (SSSR count). The maximum Gasteiger partial charge on any atom is 0.134 e. The SMILES string of the molecule is COCc1cc(Br)ccc1CC(C)=O. The Kier molecular flexibility index (Phi) is 4.29. The summed E-state index contributed by atoms with van der Waals surface area (Å²) in [6, 6.07) is 5.89. The normalized spacial score (nSPS) is 10.2. The Morgan fingerprint density at radius 1 is 1.43 bits per heavy atom. The van der Waals surface area contributed by atoms with E-state index in [0.29, 0.717) is 13.0 Å². The van der Waals surface area contributed by atoms with E-state index in [0.717, 1.165) is 15.6 Å². The van der Waals surface area contributed by atoms with Crippen LogP contribution in [0.4, 0.5) is 0 Å². The van der Waals surface area contributed by atoms with Crippen molar-refractivity contribution in [3.63, 3.8) is 0 Å². The second-order valence-corrected chi connectivity index (χ2v) is 4.14. The van der Waals surface area contributed by atoms with Crippen molar-refractivity contribution in [2.45, 2.75) is 20.0 Å². The van der Waals surface area contributed by atoms with Crippen LogP contribution in [0.5, 0.6) is 0 Å². The van der Waals surface area contributed by atoms with E-state index in [1.807, 2.05) is 18.2 Å². The number of hydrogen-bond acceptors (Lipinski definition) is 2. The second-order valence-electron chi connectivity index (χ2n) is 3.22. The Morgan fingerprint density at radius 3 is 2.71 bits per heavy atom. The van der Waals surface area contributed by atoms with Gasteiger partial charge in [-0.3, -0.25) is 4.79 Å². The number of rotatable bonds is 4. The standard InChI is InChI=1S/C11H13BrO2/c1-8(13)5-9-3-4-11(12)6-10(9)7-14-2/h3-4,6H,5,7H2,1-2H3. The van der Waals surface area contributed by atoms with Gasteiger partial charge >= 0.3 is 0 Å². The molecule has 0 fully saturated rings. The molecule has 0 heterocycles. The minimum atomic E-state index is 0.171. The number of Topliss-reactive ketones (excluding diaryl/α,β-unsaturated/α-hetero) is 1. The monoisotopic (exact) mass is 256 g/mol. The predicted molar refractivity (Wildman–Crippen MR) is 59.2 cm³/mol. The molecule has 0 spiro atoms. The van der Waals surface area contributed by atoms with Crippen LogP contribution in [0.25, 0.3) is 0 Å². The third-order valence-corrected chi connectivity index (χ3v) is 2.40. The van der Waals surface area contributed by atoms with Crippen LogP contribution in [0.1, 0.15) is 18.1 Å². The molecule has 0 radical (unpaired) electrons. The van der Waals surface area contributed by atoms with Gasteiger partial charge in [-0.15, -0.1) is 0 Å². The highest BCUT2D eigenvalue weighted by Gasteiger charge is 2.05. The number of halogens is 1. The summed E-state index contributed by atoms with van der Waals surface area (Å²) in [7, 11) is 1.65. The lowest BCUT2D eigenvalue weighted by Gasteiger charge is -2.07. The molecule has 1 aromatic carbocycles. The average Bonchev–Trinajstić information content (AvgIpc) is 2.09. The number of methoxy groups -OCH3 is 1. The van der Waals surface area contributed by atoms with Crippen LogP contribution < -0.4 is 0 Å².